The van der Waals surface area contributed by atoms with Crippen LogP contribution in [0.4, 0.5) is 11.5 Å². The number of pyridine rings is 1. The Morgan fingerprint density at radius 3 is 2.87 bits per heavy atom. The molecule has 0 spiro atoms. The van der Waals surface area contributed by atoms with Gasteiger partial charge in [-0.15, -0.1) is 0 Å². The summed E-state index contributed by atoms with van der Waals surface area (Å²) in [7, 11) is 0. The zero-order valence-corrected chi connectivity index (χ0v) is 9.29. The molecule has 1 heterocycles. The summed E-state index contributed by atoms with van der Waals surface area (Å²) in [5, 5.41) is 3.39. The average Bonchev–Trinajstić information content (AvgIpc) is 2.73. The second-order valence-electron chi connectivity index (χ2n) is 4.46. The van der Waals surface area contributed by atoms with Crippen LogP contribution in [-0.4, -0.2) is 11.5 Å². The number of aryl methyl sites for hydroxylation is 1. The molecule has 82 valence electrons. The van der Waals surface area contributed by atoms with E-state index in [0.717, 1.165) is 29.5 Å². The number of nitrogens with zero attached hydrogens (tertiary/aromatic N) is 1. The van der Waals surface area contributed by atoms with E-state index in [2.05, 4.69) is 10.3 Å². The third-order valence-electron chi connectivity index (χ3n) is 3.20. The van der Waals surface area contributed by atoms with Crippen LogP contribution in [0.2, 0.25) is 0 Å². The molecule has 0 unspecified atom stereocenters. The van der Waals surface area contributed by atoms with Crippen molar-refractivity contribution in [2.24, 2.45) is 5.92 Å². The second kappa shape index (κ2) is 4.51. The first-order chi connectivity index (χ1) is 7.25. The molecule has 0 saturated heterocycles. The molecule has 1 aliphatic carbocycles. The third kappa shape index (κ3) is 2.61. The van der Waals surface area contributed by atoms with Crippen LogP contribution in [0.5, 0.6) is 0 Å². The number of hydrogen-bond donors (Lipinski definition) is 2. The van der Waals surface area contributed by atoms with E-state index in [0.29, 0.717) is 0 Å². The molecule has 1 aromatic heterocycles. The highest BCUT2D eigenvalue weighted by Gasteiger charge is 2.14. The molecule has 0 aromatic carbocycles. The standard InChI is InChI=1S/C12H19N3/c1-9-6-12(15-8-11(9)13)14-7-10-4-2-3-5-10/h6,8,10H,2-5,7,13H2,1H3,(H,14,15). The lowest BCUT2D eigenvalue weighted by Crippen LogP contribution is -2.12. The quantitative estimate of drug-likeness (QED) is 0.797. The van der Waals surface area contributed by atoms with E-state index in [1.165, 1.54) is 25.7 Å². The molecule has 3 N–H and O–H groups in total. The van der Waals surface area contributed by atoms with Crippen LogP contribution in [0.3, 0.4) is 0 Å². The Morgan fingerprint density at radius 1 is 1.47 bits per heavy atom. The van der Waals surface area contributed by atoms with Crippen molar-refractivity contribution in [2.45, 2.75) is 32.6 Å². The zero-order valence-electron chi connectivity index (χ0n) is 9.29. The molecule has 0 atom stereocenters. The highest BCUT2D eigenvalue weighted by molar-refractivity contribution is 5.50. The van der Waals surface area contributed by atoms with Gasteiger partial charge in [0.1, 0.15) is 5.82 Å². The summed E-state index contributed by atoms with van der Waals surface area (Å²) >= 11 is 0. The number of hydrogen-bond acceptors (Lipinski definition) is 3. The Bertz CT molecular complexity index is 330. The van der Waals surface area contributed by atoms with E-state index in [1.807, 2.05) is 13.0 Å². The summed E-state index contributed by atoms with van der Waals surface area (Å²) in [5.41, 5.74) is 7.58. The van der Waals surface area contributed by atoms with Crippen molar-refractivity contribution < 1.29 is 0 Å². The molecule has 1 fully saturated rings. The van der Waals surface area contributed by atoms with Crippen molar-refractivity contribution in [1.29, 1.82) is 0 Å². The van der Waals surface area contributed by atoms with Crippen molar-refractivity contribution in [3.05, 3.63) is 17.8 Å². The highest BCUT2D eigenvalue weighted by Crippen LogP contribution is 2.25. The number of rotatable bonds is 3. The Labute approximate surface area is 91.1 Å². The van der Waals surface area contributed by atoms with Gasteiger partial charge in [0.25, 0.3) is 0 Å². The largest absolute Gasteiger partial charge is 0.397 e. The monoisotopic (exact) mass is 205 g/mol. The molecule has 3 heteroatoms. The van der Waals surface area contributed by atoms with E-state index < -0.39 is 0 Å². The molecular weight excluding hydrogens is 186 g/mol. The van der Waals surface area contributed by atoms with Crippen LogP contribution in [0.1, 0.15) is 31.2 Å². The lowest BCUT2D eigenvalue weighted by molar-refractivity contribution is 0.579. The van der Waals surface area contributed by atoms with Crippen LogP contribution in [-0.2, 0) is 0 Å². The summed E-state index contributed by atoms with van der Waals surface area (Å²) in [5.74, 6) is 1.79. The van der Waals surface area contributed by atoms with Gasteiger partial charge in [0.15, 0.2) is 0 Å². The SMILES string of the molecule is Cc1cc(NCC2CCCC2)ncc1N. The minimum Gasteiger partial charge on any atom is -0.397 e. The van der Waals surface area contributed by atoms with E-state index in [-0.39, 0.29) is 0 Å². The number of nitrogens with two attached hydrogens (primary N) is 1. The molecule has 0 radical (unpaired) electrons. The first-order valence-electron chi connectivity index (χ1n) is 5.71. The molecule has 2 rings (SSSR count). The molecular formula is C12H19N3. The summed E-state index contributed by atoms with van der Waals surface area (Å²) in [6.07, 6.45) is 7.23. The van der Waals surface area contributed by atoms with Crippen molar-refractivity contribution in [2.75, 3.05) is 17.6 Å². The third-order valence-corrected chi connectivity index (χ3v) is 3.20. The van der Waals surface area contributed by atoms with Crippen LogP contribution in [0.15, 0.2) is 12.3 Å². The van der Waals surface area contributed by atoms with Crippen molar-refractivity contribution >= 4 is 11.5 Å². The molecule has 15 heavy (non-hydrogen) atoms. The lowest BCUT2D eigenvalue weighted by Gasteiger charge is -2.11. The van der Waals surface area contributed by atoms with Crippen molar-refractivity contribution in [1.82, 2.24) is 4.98 Å². The molecule has 0 amide bonds. The molecule has 1 saturated carbocycles. The van der Waals surface area contributed by atoms with Crippen molar-refractivity contribution in [3.63, 3.8) is 0 Å². The number of nitrogen functional groups attached to an aromatic ring is 1. The molecule has 0 aliphatic heterocycles. The minimum absolute atomic E-state index is 0.765. The predicted octanol–water partition coefficient (Wildman–Crippen LogP) is 2.57. The molecule has 0 bridgehead atoms. The van der Waals surface area contributed by atoms with Gasteiger partial charge in [0, 0.05) is 6.54 Å². The van der Waals surface area contributed by atoms with Gasteiger partial charge < -0.3 is 11.1 Å². The fraction of sp³-hybridized carbons (Fsp3) is 0.583. The predicted molar refractivity (Wildman–Crippen MR) is 63.8 cm³/mol. The highest BCUT2D eigenvalue weighted by atomic mass is 15.0. The minimum atomic E-state index is 0.765. The zero-order chi connectivity index (χ0) is 10.7. The maximum Gasteiger partial charge on any atom is 0.126 e. The molecule has 1 aromatic rings. The summed E-state index contributed by atoms with van der Waals surface area (Å²) in [4.78, 5) is 4.26. The lowest BCUT2D eigenvalue weighted by atomic mass is 10.1. The number of anilines is 2. The van der Waals surface area contributed by atoms with Crippen LogP contribution in [0.25, 0.3) is 0 Å². The van der Waals surface area contributed by atoms with E-state index in [9.17, 15) is 0 Å². The summed E-state index contributed by atoms with van der Waals surface area (Å²) < 4.78 is 0. The topological polar surface area (TPSA) is 50.9 Å². The number of aromatic nitrogens is 1. The Hall–Kier alpha value is -1.25. The van der Waals surface area contributed by atoms with Gasteiger partial charge in [-0.3, -0.25) is 0 Å². The van der Waals surface area contributed by atoms with Crippen LogP contribution in [0, 0.1) is 12.8 Å². The van der Waals surface area contributed by atoms with Gasteiger partial charge in [-0.05, 0) is 37.3 Å². The molecule has 1 aliphatic rings. The Morgan fingerprint density at radius 2 is 2.20 bits per heavy atom. The Balaban J connectivity index is 1.90. The fourth-order valence-corrected chi connectivity index (χ4v) is 2.13. The van der Waals surface area contributed by atoms with Crippen molar-refractivity contribution in [3.8, 4) is 0 Å². The van der Waals surface area contributed by atoms with Gasteiger partial charge in [-0.25, -0.2) is 4.98 Å². The first-order valence-corrected chi connectivity index (χ1v) is 5.71. The normalized spacial score (nSPS) is 16.9. The van der Waals surface area contributed by atoms with Gasteiger partial charge in [0.2, 0.25) is 0 Å². The van der Waals surface area contributed by atoms with Gasteiger partial charge in [0.05, 0.1) is 11.9 Å². The van der Waals surface area contributed by atoms with Crippen LogP contribution < -0.4 is 11.1 Å². The first kappa shape index (κ1) is 10.3. The fourth-order valence-electron chi connectivity index (χ4n) is 2.13. The summed E-state index contributed by atoms with van der Waals surface area (Å²) in [6, 6.07) is 2.02. The maximum absolute atomic E-state index is 5.72. The van der Waals surface area contributed by atoms with Gasteiger partial charge >= 0.3 is 0 Å². The molecule has 3 nitrogen and oxygen atoms in total. The van der Waals surface area contributed by atoms with E-state index in [1.54, 1.807) is 6.20 Å². The van der Waals surface area contributed by atoms with Crippen LogP contribution >= 0.6 is 0 Å². The summed E-state index contributed by atoms with van der Waals surface area (Å²) in [6.45, 7) is 3.06. The van der Waals surface area contributed by atoms with Gasteiger partial charge in [-0.1, -0.05) is 12.8 Å². The van der Waals surface area contributed by atoms with Gasteiger partial charge in [-0.2, -0.15) is 0 Å². The Kier molecular flexibility index (Phi) is 3.09. The second-order valence-corrected chi connectivity index (χ2v) is 4.46. The van der Waals surface area contributed by atoms with E-state index in [4.69, 9.17) is 5.73 Å². The van der Waals surface area contributed by atoms with E-state index >= 15 is 0 Å². The number of nitrogens with one attached hydrogen (secondary N) is 1. The maximum atomic E-state index is 5.72. The smallest absolute Gasteiger partial charge is 0.126 e. The average molecular weight is 205 g/mol.